The predicted octanol–water partition coefficient (Wildman–Crippen LogP) is 4.19. The zero-order chi connectivity index (χ0) is 19.9. The second kappa shape index (κ2) is 8.85. The summed E-state index contributed by atoms with van der Waals surface area (Å²) < 4.78 is 10.7. The van der Waals surface area contributed by atoms with Gasteiger partial charge in [-0.2, -0.15) is 0 Å². The van der Waals surface area contributed by atoms with Crippen LogP contribution in [0.4, 0.5) is 17.2 Å². The van der Waals surface area contributed by atoms with E-state index in [4.69, 9.17) is 9.47 Å². The van der Waals surface area contributed by atoms with E-state index >= 15 is 0 Å². The molecule has 144 valence electrons. The zero-order valence-corrected chi connectivity index (χ0v) is 16.0. The molecule has 1 amide bonds. The number of anilines is 3. The Morgan fingerprint density at radius 3 is 2.46 bits per heavy atom. The number of nitrogens with zero attached hydrogens (tertiary/aromatic N) is 2. The maximum atomic E-state index is 12.4. The molecule has 0 aliphatic carbocycles. The Hall–Kier alpha value is -3.61. The minimum absolute atomic E-state index is 0.218. The highest BCUT2D eigenvalue weighted by atomic mass is 16.5. The number of aryl methyl sites for hydroxylation is 1. The number of benzene rings is 2. The summed E-state index contributed by atoms with van der Waals surface area (Å²) in [5.41, 5.74) is 2.74. The van der Waals surface area contributed by atoms with Crippen LogP contribution in [-0.2, 0) is 0 Å². The molecule has 0 radical (unpaired) electrons. The van der Waals surface area contributed by atoms with Gasteiger partial charge in [-0.05, 0) is 67.9 Å². The van der Waals surface area contributed by atoms with Crippen LogP contribution in [0.3, 0.4) is 0 Å². The number of carbonyl (C=O) groups is 1. The molecule has 3 rings (SSSR count). The van der Waals surface area contributed by atoms with Gasteiger partial charge in [-0.1, -0.05) is 6.07 Å². The normalized spacial score (nSPS) is 10.2. The van der Waals surface area contributed by atoms with Crippen molar-refractivity contribution in [2.24, 2.45) is 0 Å². The molecule has 1 aromatic heterocycles. The molecular weight excluding hydrogens is 356 g/mol. The molecule has 2 N–H and O–H groups in total. The molecule has 0 bridgehead atoms. The van der Waals surface area contributed by atoms with E-state index in [0.29, 0.717) is 23.9 Å². The summed E-state index contributed by atoms with van der Waals surface area (Å²) in [6.45, 7) is 4.50. The van der Waals surface area contributed by atoms with E-state index in [2.05, 4.69) is 20.8 Å². The van der Waals surface area contributed by atoms with Crippen molar-refractivity contribution in [1.29, 1.82) is 0 Å². The minimum atomic E-state index is -0.337. The molecule has 7 heteroatoms. The molecule has 7 nitrogen and oxygen atoms in total. The highest BCUT2D eigenvalue weighted by Crippen LogP contribution is 2.27. The molecule has 0 atom stereocenters. The van der Waals surface area contributed by atoms with Crippen molar-refractivity contribution >= 4 is 23.1 Å². The number of methoxy groups -OCH3 is 1. The first-order valence-corrected chi connectivity index (χ1v) is 8.88. The molecule has 0 aliphatic rings. The fraction of sp³-hybridized carbons (Fsp3) is 0.190. The van der Waals surface area contributed by atoms with Crippen LogP contribution in [-0.4, -0.2) is 29.8 Å². The van der Waals surface area contributed by atoms with Gasteiger partial charge in [0.15, 0.2) is 11.5 Å². The number of amides is 1. The monoisotopic (exact) mass is 378 g/mol. The molecule has 1 heterocycles. The Morgan fingerprint density at radius 1 is 1.04 bits per heavy atom. The summed E-state index contributed by atoms with van der Waals surface area (Å²) >= 11 is 0. The van der Waals surface area contributed by atoms with Crippen molar-refractivity contribution in [3.05, 3.63) is 65.9 Å². The number of hydrogen-bond donors (Lipinski definition) is 2. The summed E-state index contributed by atoms with van der Waals surface area (Å²) in [6, 6.07) is 16.2. The number of rotatable bonds is 7. The first kappa shape index (κ1) is 19.2. The lowest BCUT2D eigenvalue weighted by Crippen LogP contribution is -2.14. The lowest BCUT2D eigenvalue weighted by Gasteiger charge is -2.11. The van der Waals surface area contributed by atoms with Crippen molar-refractivity contribution in [2.75, 3.05) is 24.4 Å². The zero-order valence-electron chi connectivity index (χ0n) is 16.0. The summed E-state index contributed by atoms with van der Waals surface area (Å²) in [5.74, 6) is 1.63. The van der Waals surface area contributed by atoms with Crippen molar-refractivity contribution < 1.29 is 14.3 Å². The van der Waals surface area contributed by atoms with E-state index in [1.54, 1.807) is 43.5 Å². The molecule has 0 saturated carbocycles. The Labute approximate surface area is 163 Å². The highest BCUT2D eigenvalue weighted by molar-refractivity contribution is 6.02. The van der Waals surface area contributed by atoms with E-state index in [0.717, 1.165) is 17.0 Å². The van der Waals surface area contributed by atoms with Gasteiger partial charge in [-0.25, -0.2) is 0 Å². The lowest BCUT2D eigenvalue weighted by molar-refractivity contribution is 0.102. The molecule has 2 aromatic carbocycles. The number of nitrogens with one attached hydrogen (secondary N) is 2. The average molecular weight is 378 g/mol. The predicted molar refractivity (Wildman–Crippen MR) is 109 cm³/mol. The van der Waals surface area contributed by atoms with Crippen LogP contribution in [0.1, 0.15) is 23.0 Å². The van der Waals surface area contributed by atoms with Crippen LogP contribution in [0.25, 0.3) is 0 Å². The van der Waals surface area contributed by atoms with Crippen molar-refractivity contribution in [3.63, 3.8) is 0 Å². The molecule has 28 heavy (non-hydrogen) atoms. The molecule has 0 saturated heterocycles. The van der Waals surface area contributed by atoms with Crippen LogP contribution >= 0.6 is 0 Å². The third kappa shape index (κ3) is 4.76. The average Bonchev–Trinajstić information content (AvgIpc) is 2.70. The van der Waals surface area contributed by atoms with E-state index in [1.165, 1.54) is 0 Å². The van der Waals surface area contributed by atoms with Gasteiger partial charge in [-0.15, -0.1) is 10.2 Å². The molecule has 0 spiro atoms. The Balaban J connectivity index is 1.66. The summed E-state index contributed by atoms with van der Waals surface area (Å²) in [4.78, 5) is 12.4. The van der Waals surface area contributed by atoms with Gasteiger partial charge >= 0.3 is 0 Å². The maximum Gasteiger partial charge on any atom is 0.276 e. The molecule has 3 aromatic rings. The van der Waals surface area contributed by atoms with E-state index in [-0.39, 0.29) is 11.6 Å². The van der Waals surface area contributed by atoms with Crippen molar-refractivity contribution in [1.82, 2.24) is 10.2 Å². The van der Waals surface area contributed by atoms with Crippen LogP contribution in [0, 0.1) is 6.92 Å². The first-order valence-electron chi connectivity index (χ1n) is 8.88. The van der Waals surface area contributed by atoms with Crippen LogP contribution in [0.5, 0.6) is 11.5 Å². The maximum absolute atomic E-state index is 12.4. The highest BCUT2D eigenvalue weighted by Gasteiger charge is 2.10. The van der Waals surface area contributed by atoms with E-state index < -0.39 is 0 Å². The Kier molecular flexibility index (Phi) is 6.06. The van der Waals surface area contributed by atoms with E-state index in [1.807, 2.05) is 32.0 Å². The number of hydrogen-bond acceptors (Lipinski definition) is 6. The van der Waals surface area contributed by atoms with Crippen molar-refractivity contribution in [3.8, 4) is 11.5 Å². The smallest absolute Gasteiger partial charge is 0.276 e. The SMILES string of the molecule is CCOc1ccc(NC(=O)c2ccc(Nc3cc(C)ccc3OC)nn2)cc1. The summed E-state index contributed by atoms with van der Waals surface area (Å²) in [5, 5.41) is 14.0. The van der Waals surface area contributed by atoms with Gasteiger partial charge in [0.1, 0.15) is 11.5 Å². The molecule has 0 fully saturated rings. The van der Waals surface area contributed by atoms with Crippen molar-refractivity contribution in [2.45, 2.75) is 13.8 Å². The number of aromatic nitrogens is 2. The van der Waals surface area contributed by atoms with Gasteiger partial charge < -0.3 is 20.1 Å². The third-order valence-corrected chi connectivity index (χ3v) is 3.94. The Morgan fingerprint density at radius 2 is 1.82 bits per heavy atom. The minimum Gasteiger partial charge on any atom is -0.495 e. The van der Waals surface area contributed by atoms with Gasteiger partial charge in [0.2, 0.25) is 0 Å². The summed E-state index contributed by atoms with van der Waals surface area (Å²) in [7, 11) is 1.61. The Bertz CT molecular complexity index is 941. The standard InChI is InChI=1S/C21H22N4O3/c1-4-28-16-8-6-15(7-9-16)22-21(26)17-10-12-20(25-24-17)23-18-13-14(2)5-11-19(18)27-3/h5-13H,4H2,1-3H3,(H,22,26)(H,23,25). The lowest BCUT2D eigenvalue weighted by atomic mass is 10.2. The quantitative estimate of drug-likeness (QED) is 0.641. The number of carbonyl (C=O) groups excluding carboxylic acids is 1. The largest absolute Gasteiger partial charge is 0.495 e. The van der Waals surface area contributed by atoms with Gasteiger partial charge in [0.05, 0.1) is 19.4 Å². The summed E-state index contributed by atoms with van der Waals surface area (Å²) in [6.07, 6.45) is 0. The van der Waals surface area contributed by atoms with Crippen LogP contribution in [0.2, 0.25) is 0 Å². The molecular formula is C21H22N4O3. The fourth-order valence-corrected chi connectivity index (χ4v) is 2.57. The molecule has 0 aliphatic heterocycles. The molecule has 0 unspecified atom stereocenters. The van der Waals surface area contributed by atoms with Crippen LogP contribution in [0.15, 0.2) is 54.6 Å². The second-order valence-corrected chi connectivity index (χ2v) is 6.04. The third-order valence-electron chi connectivity index (χ3n) is 3.94. The van der Waals surface area contributed by atoms with Gasteiger partial charge in [0.25, 0.3) is 5.91 Å². The van der Waals surface area contributed by atoms with Gasteiger partial charge in [0, 0.05) is 5.69 Å². The van der Waals surface area contributed by atoms with Crippen LogP contribution < -0.4 is 20.1 Å². The van der Waals surface area contributed by atoms with Gasteiger partial charge in [-0.3, -0.25) is 4.79 Å². The number of ether oxygens (including phenoxy) is 2. The second-order valence-electron chi connectivity index (χ2n) is 6.04. The first-order chi connectivity index (χ1) is 13.6. The fourth-order valence-electron chi connectivity index (χ4n) is 2.57. The topological polar surface area (TPSA) is 85.4 Å². The van der Waals surface area contributed by atoms with E-state index in [9.17, 15) is 4.79 Å².